The topological polar surface area (TPSA) is 84.7 Å². The number of anilines is 1. The van der Waals surface area contributed by atoms with E-state index in [1.807, 2.05) is 71.5 Å². The second-order valence-electron chi connectivity index (χ2n) is 6.09. The molecular weight excluding hydrogens is 372 g/mol. The molecule has 2 N–H and O–H groups in total. The molecule has 0 spiro atoms. The third-order valence-corrected chi connectivity index (χ3v) is 4.89. The Morgan fingerprint density at radius 1 is 1.11 bits per heavy atom. The van der Waals surface area contributed by atoms with Crippen LogP contribution in [0, 0.1) is 6.92 Å². The van der Waals surface area contributed by atoms with Crippen LogP contribution in [0.3, 0.4) is 0 Å². The van der Waals surface area contributed by atoms with Crippen LogP contribution in [0.15, 0.2) is 66.3 Å². The molecule has 2 amide bonds. The minimum atomic E-state index is -0.306. The van der Waals surface area contributed by atoms with Gasteiger partial charge in [-0.1, -0.05) is 30.3 Å². The molecule has 0 radical (unpaired) electrons. The monoisotopic (exact) mass is 390 g/mol. The van der Waals surface area contributed by atoms with Crippen LogP contribution in [0.4, 0.5) is 10.5 Å². The number of hydrogen-bond donors (Lipinski definition) is 2. The van der Waals surface area contributed by atoms with Gasteiger partial charge in [-0.25, -0.2) is 9.78 Å². The first-order chi connectivity index (χ1) is 13.7. The molecule has 0 atom stereocenters. The van der Waals surface area contributed by atoms with Crippen molar-refractivity contribution < 1.29 is 4.79 Å². The van der Waals surface area contributed by atoms with Gasteiger partial charge in [-0.05, 0) is 31.2 Å². The van der Waals surface area contributed by atoms with E-state index < -0.39 is 0 Å². The van der Waals surface area contributed by atoms with Gasteiger partial charge in [0.05, 0.1) is 17.2 Å². The zero-order chi connectivity index (χ0) is 19.3. The van der Waals surface area contributed by atoms with E-state index in [9.17, 15) is 4.79 Å². The molecule has 0 saturated heterocycles. The minimum Gasteiger partial charge on any atom is -0.331 e. The number of urea groups is 1. The highest BCUT2D eigenvalue weighted by Crippen LogP contribution is 2.23. The Morgan fingerprint density at radius 2 is 1.89 bits per heavy atom. The molecule has 0 unspecified atom stereocenters. The van der Waals surface area contributed by atoms with Crippen molar-refractivity contribution in [3.05, 3.63) is 77.1 Å². The number of nitrogens with zero attached hydrogens (tertiary/aromatic N) is 4. The number of aromatic nitrogens is 4. The van der Waals surface area contributed by atoms with E-state index in [2.05, 4.69) is 25.8 Å². The first-order valence-electron chi connectivity index (χ1n) is 8.71. The number of carbonyl (C=O) groups is 1. The molecule has 2 aromatic carbocycles. The third kappa shape index (κ3) is 4.07. The maximum atomic E-state index is 12.2. The second-order valence-corrected chi connectivity index (χ2v) is 7.15. The Hall–Kier alpha value is -3.52. The van der Waals surface area contributed by atoms with Crippen molar-refractivity contribution in [2.24, 2.45) is 0 Å². The largest absolute Gasteiger partial charge is 0.331 e. The maximum absolute atomic E-state index is 12.2. The summed E-state index contributed by atoms with van der Waals surface area (Å²) in [6.45, 7) is 2.24. The van der Waals surface area contributed by atoms with E-state index in [1.165, 1.54) is 0 Å². The summed E-state index contributed by atoms with van der Waals surface area (Å²) < 4.78 is 1.84. The highest BCUT2D eigenvalue weighted by Gasteiger charge is 2.09. The summed E-state index contributed by atoms with van der Waals surface area (Å²) in [5.74, 6) is 0.649. The summed E-state index contributed by atoms with van der Waals surface area (Å²) in [5, 5.41) is 16.7. The van der Waals surface area contributed by atoms with Crippen LogP contribution >= 0.6 is 11.3 Å². The average Bonchev–Trinajstić information content (AvgIpc) is 3.37. The number of para-hydroxylation sites is 1. The fourth-order valence-electron chi connectivity index (χ4n) is 2.74. The zero-order valence-corrected chi connectivity index (χ0v) is 16.0. The Labute approximate surface area is 166 Å². The second kappa shape index (κ2) is 8.01. The van der Waals surface area contributed by atoms with Gasteiger partial charge in [-0.3, -0.25) is 4.57 Å². The fourth-order valence-corrected chi connectivity index (χ4v) is 3.36. The van der Waals surface area contributed by atoms with Crippen LogP contribution in [0.25, 0.3) is 16.9 Å². The molecule has 2 aromatic heterocycles. The standard InChI is InChI=1S/C20H18N6OS/c1-14-23-18(12-28-14)15-7-9-16(10-8-15)24-20(27)21-11-19-25-22-13-26(19)17-5-3-2-4-6-17/h2-10,12-13H,11H2,1H3,(H2,21,24,27). The van der Waals surface area contributed by atoms with Crippen LogP contribution in [-0.2, 0) is 6.54 Å². The van der Waals surface area contributed by atoms with Crippen LogP contribution in [0.2, 0.25) is 0 Å². The molecule has 0 bridgehead atoms. The summed E-state index contributed by atoms with van der Waals surface area (Å²) in [4.78, 5) is 16.7. The Balaban J connectivity index is 1.36. The van der Waals surface area contributed by atoms with Gasteiger partial charge in [0.15, 0.2) is 5.82 Å². The highest BCUT2D eigenvalue weighted by molar-refractivity contribution is 7.09. The Morgan fingerprint density at radius 3 is 2.61 bits per heavy atom. The van der Waals surface area contributed by atoms with Crippen LogP contribution in [-0.4, -0.2) is 25.8 Å². The first-order valence-corrected chi connectivity index (χ1v) is 9.59. The third-order valence-electron chi connectivity index (χ3n) is 4.12. The van der Waals surface area contributed by atoms with Crippen LogP contribution in [0.1, 0.15) is 10.8 Å². The van der Waals surface area contributed by atoms with Crippen molar-refractivity contribution in [1.82, 2.24) is 25.1 Å². The highest BCUT2D eigenvalue weighted by atomic mass is 32.1. The van der Waals surface area contributed by atoms with Crippen molar-refractivity contribution in [2.45, 2.75) is 13.5 Å². The number of carbonyl (C=O) groups excluding carboxylic acids is 1. The summed E-state index contributed by atoms with van der Waals surface area (Å²) in [6.07, 6.45) is 1.63. The zero-order valence-electron chi connectivity index (χ0n) is 15.2. The van der Waals surface area contributed by atoms with Gasteiger partial charge in [0, 0.05) is 22.3 Å². The number of hydrogen-bond acceptors (Lipinski definition) is 5. The lowest BCUT2D eigenvalue weighted by Crippen LogP contribution is -2.29. The maximum Gasteiger partial charge on any atom is 0.319 e. The molecule has 0 aliphatic carbocycles. The van der Waals surface area contributed by atoms with E-state index in [1.54, 1.807) is 17.7 Å². The van der Waals surface area contributed by atoms with Crippen LogP contribution < -0.4 is 10.6 Å². The van der Waals surface area contributed by atoms with Gasteiger partial charge in [-0.2, -0.15) is 0 Å². The quantitative estimate of drug-likeness (QED) is 0.539. The predicted molar refractivity (Wildman–Crippen MR) is 110 cm³/mol. The fraction of sp³-hybridized carbons (Fsp3) is 0.100. The molecule has 4 rings (SSSR count). The molecule has 8 heteroatoms. The van der Waals surface area contributed by atoms with Gasteiger partial charge in [-0.15, -0.1) is 21.5 Å². The number of nitrogens with one attached hydrogen (secondary N) is 2. The summed E-state index contributed by atoms with van der Waals surface area (Å²) in [7, 11) is 0. The van der Waals surface area contributed by atoms with Crippen molar-refractivity contribution >= 4 is 23.1 Å². The predicted octanol–water partition coefficient (Wildman–Crippen LogP) is 4.02. The molecule has 28 heavy (non-hydrogen) atoms. The lowest BCUT2D eigenvalue weighted by molar-refractivity contribution is 0.251. The number of benzene rings is 2. The number of aryl methyl sites for hydroxylation is 1. The summed E-state index contributed by atoms with van der Waals surface area (Å²) >= 11 is 1.61. The molecule has 7 nitrogen and oxygen atoms in total. The molecule has 2 heterocycles. The van der Waals surface area contributed by atoms with Crippen molar-refractivity contribution in [1.29, 1.82) is 0 Å². The van der Waals surface area contributed by atoms with E-state index in [4.69, 9.17) is 0 Å². The first kappa shape index (κ1) is 17.9. The SMILES string of the molecule is Cc1nc(-c2ccc(NC(=O)NCc3nncn3-c3ccccc3)cc2)cs1. The number of amides is 2. The summed E-state index contributed by atoms with van der Waals surface area (Å²) in [6, 6.07) is 17.0. The molecule has 0 fully saturated rings. The Kier molecular flexibility index (Phi) is 5.11. The number of rotatable bonds is 5. The van der Waals surface area contributed by atoms with Gasteiger partial charge in [0.25, 0.3) is 0 Å². The lowest BCUT2D eigenvalue weighted by atomic mass is 10.1. The van der Waals surface area contributed by atoms with Crippen molar-refractivity contribution in [3.63, 3.8) is 0 Å². The lowest BCUT2D eigenvalue weighted by Gasteiger charge is -2.09. The van der Waals surface area contributed by atoms with Crippen molar-refractivity contribution in [3.8, 4) is 16.9 Å². The van der Waals surface area contributed by atoms with E-state index in [0.717, 1.165) is 22.0 Å². The summed E-state index contributed by atoms with van der Waals surface area (Å²) in [5.41, 5.74) is 3.61. The molecule has 0 aliphatic rings. The van der Waals surface area contributed by atoms with Gasteiger partial charge < -0.3 is 10.6 Å². The van der Waals surface area contributed by atoms with E-state index in [0.29, 0.717) is 11.5 Å². The van der Waals surface area contributed by atoms with Crippen molar-refractivity contribution in [2.75, 3.05) is 5.32 Å². The van der Waals surface area contributed by atoms with Crippen LogP contribution in [0.5, 0.6) is 0 Å². The van der Waals surface area contributed by atoms with Gasteiger partial charge in [0.1, 0.15) is 6.33 Å². The smallest absolute Gasteiger partial charge is 0.319 e. The number of thiazole rings is 1. The minimum absolute atomic E-state index is 0.261. The molecule has 140 valence electrons. The average molecular weight is 390 g/mol. The van der Waals surface area contributed by atoms with Gasteiger partial charge >= 0.3 is 6.03 Å². The Bertz CT molecular complexity index is 1070. The molecule has 4 aromatic rings. The van der Waals surface area contributed by atoms with E-state index >= 15 is 0 Å². The van der Waals surface area contributed by atoms with E-state index in [-0.39, 0.29) is 12.6 Å². The molecule has 0 saturated carbocycles. The van der Waals surface area contributed by atoms with Gasteiger partial charge in [0.2, 0.25) is 0 Å². The normalized spacial score (nSPS) is 10.6. The molecular formula is C20H18N6OS. The molecule has 0 aliphatic heterocycles.